The van der Waals surface area contributed by atoms with Crippen LogP contribution in [0.1, 0.15) is 5.56 Å². The predicted molar refractivity (Wildman–Crippen MR) is 122 cm³/mol. The molecule has 1 atom stereocenters. The van der Waals surface area contributed by atoms with E-state index in [-0.39, 0.29) is 29.5 Å². The van der Waals surface area contributed by atoms with Crippen LogP contribution >= 0.6 is 11.6 Å². The second-order valence-corrected chi connectivity index (χ2v) is 9.16. The van der Waals surface area contributed by atoms with E-state index in [2.05, 4.69) is 4.72 Å². The van der Waals surface area contributed by atoms with E-state index in [0.29, 0.717) is 22.9 Å². The SMILES string of the molecule is COc1ccc(CC(N(C)CCOc2ccc(NS(C)(=O)=O)cc2Cl)[N+](=O)[O-])cc1OC. The standard InChI is InChI=1S/C20H26ClN3O7S/c1-23(9-10-31-17-8-6-15(13-16(17)21)22-32(4,27)28)20(24(25)26)12-14-5-7-18(29-2)19(11-14)30-3/h5-8,11,13,20,22H,9-10,12H2,1-4H3. The highest BCUT2D eigenvalue weighted by molar-refractivity contribution is 7.92. The molecule has 0 radical (unpaired) electrons. The summed E-state index contributed by atoms with van der Waals surface area (Å²) in [6, 6.07) is 9.66. The number of benzene rings is 2. The maximum absolute atomic E-state index is 11.7. The van der Waals surface area contributed by atoms with Crippen LogP contribution in [0.4, 0.5) is 5.69 Å². The Morgan fingerprint density at radius 2 is 1.78 bits per heavy atom. The summed E-state index contributed by atoms with van der Waals surface area (Å²) in [7, 11) is 1.24. The van der Waals surface area contributed by atoms with Crippen LogP contribution in [-0.2, 0) is 16.4 Å². The zero-order valence-electron chi connectivity index (χ0n) is 18.2. The smallest absolute Gasteiger partial charge is 0.272 e. The number of methoxy groups -OCH3 is 2. The first kappa shape index (κ1) is 25.5. The summed E-state index contributed by atoms with van der Waals surface area (Å²) in [6.45, 7) is 0.407. The van der Waals surface area contributed by atoms with Gasteiger partial charge in [0.15, 0.2) is 11.5 Å². The maximum Gasteiger partial charge on any atom is 0.272 e. The zero-order valence-corrected chi connectivity index (χ0v) is 19.8. The second kappa shape index (κ2) is 11.2. The molecular weight excluding hydrogens is 462 g/mol. The number of nitrogens with one attached hydrogen (secondary N) is 1. The molecule has 0 spiro atoms. The largest absolute Gasteiger partial charge is 0.493 e. The highest BCUT2D eigenvalue weighted by atomic mass is 35.5. The highest BCUT2D eigenvalue weighted by Crippen LogP contribution is 2.29. The number of nitro groups is 1. The Hall–Kier alpha value is -2.76. The van der Waals surface area contributed by atoms with Crippen LogP contribution in [0.2, 0.25) is 5.02 Å². The third kappa shape index (κ3) is 7.43. The molecule has 1 unspecified atom stereocenters. The van der Waals surface area contributed by atoms with Crippen molar-refractivity contribution in [1.82, 2.24) is 4.90 Å². The Balaban J connectivity index is 1.99. The first-order chi connectivity index (χ1) is 15.0. The molecule has 0 fully saturated rings. The number of rotatable bonds is 12. The number of sulfonamides is 1. The molecule has 12 heteroatoms. The summed E-state index contributed by atoms with van der Waals surface area (Å²) >= 11 is 6.14. The van der Waals surface area contributed by atoms with E-state index in [1.54, 1.807) is 30.1 Å². The van der Waals surface area contributed by atoms with Crippen LogP contribution in [-0.4, -0.2) is 65.1 Å². The van der Waals surface area contributed by atoms with Crippen molar-refractivity contribution in [3.63, 3.8) is 0 Å². The summed E-state index contributed by atoms with van der Waals surface area (Å²) in [4.78, 5) is 12.9. The Bertz CT molecular complexity index is 1050. The minimum absolute atomic E-state index is 0.144. The van der Waals surface area contributed by atoms with Crippen molar-refractivity contribution >= 4 is 27.3 Å². The molecule has 0 aliphatic rings. The summed E-state index contributed by atoms with van der Waals surface area (Å²) < 4.78 is 41.0. The van der Waals surface area contributed by atoms with E-state index in [9.17, 15) is 18.5 Å². The van der Waals surface area contributed by atoms with Crippen LogP contribution in [0.15, 0.2) is 36.4 Å². The van der Waals surface area contributed by atoms with Gasteiger partial charge < -0.3 is 14.2 Å². The summed E-state index contributed by atoms with van der Waals surface area (Å²) in [5, 5.41) is 11.9. The monoisotopic (exact) mass is 487 g/mol. The number of hydrogen-bond acceptors (Lipinski definition) is 8. The zero-order chi connectivity index (χ0) is 23.9. The van der Waals surface area contributed by atoms with Gasteiger partial charge in [0.1, 0.15) is 12.4 Å². The van der Waals surface area contributed by atoms with Crippen molar-refractivity contribution in [3.05, 3.63) is 57.1 Å². The molecule has 1 N–H and O–H groups in total. The van der Waals surface area contributed by atoms with E-state index >= 15 is 0 Å². The molecular formula is C20H26ClN3O7S. The van der Waals surface area contributed by atoms with Crippen molar-refractivity contribution in [1.29, 1.82) is 0 Å². The predicted octanol–water partition coefficient (Wildman–Crippen LogP) is 2.88. The van der Waals surface area contributed by atoms with Gasteiger partial charge in [-0.25, -0.2) is 13.3 Å². The van der Waals surface area contributed by atoms with Crippen LogP contribution < -0.4 is 18.9 Å². The molecule has 2 aromatic carbocycles. The average Bonchev–Trinajstić information content (AvgIpc) is 2.71. The van der Waals surface area contributed by atoms with Crippen LogP contribution in [0.3, 0.4) is 0 Å². The van der Waals surface area contributed by atoms with Gasteiger partial charge in [-0.05, 0) is 42.9 Å². The average molecular weight is 488 g/mol. The molecule has 0 aromatic heterocycles. The highest BCUT2D eigenvalue weighted by Gasteiger charge is 2.26. The third-order valence-electron chi connectivity index (χ3n) is 4.56. The summed E-state index contributed by atoms with van der Waals surface area (Å²) in [6.07, 6.45) is 0.222. The van der Waals surface area contributed by atoms with Gasteiger partial charge >= 0.3 is 0 Å². The number of anilines is 1. The van der Waals surface area contributed by atoms with Crippen LogP contribution in [0.25, 0.3) is 0 Å². The number of likely N-dealkylation sites (N-methyl/N-ethyl adjacent to an activating group) is 1. The van der Waals surface area contributed by atoms with Gasteiger partial charge in [-0.3, -0.25) is 14.8 Å². The molecule has 176 valence electrons. The van der Waals surface area contributed by atoms with Gasteiger partial charge in [-0.2, -0.15) is 0 Å². The molecule has 10 nitrogen and oxygen atoms in total. The van der Waals surface area contributed by atoms with Crippen molar-refractivity contribution in [2.24, 2.45) is 0 Å². The summed E-state index contributed by atoms with van der Waals surface area (Å²) in [5.41, 5.74) is 1.04. The molecule has 2 aromatic rings. The fourth-order valence-corrected chi connectivity index (χ4v) is 3.74. The molecule has 0 aliphatic heterocycles. The minimum atomic E-state index is -3.42. The first-order valence-electron chi connectivity index (χ1n) is 9.49. The fourth-order valence-electron chi connectivity index (χ4n) is 2.95. The van der Waals surface area contributed by atoms with Gasteiger partial charge in [-0.15, -0.1) is 0 Å². The Kier molecular flexibility index (Phi) is 8.93. The Morgan fingerprint density at radius 1 is 1.12 bits per heavy atom. The number of nitrogens with zero attached hydrogens (tertiary/aromatic N) is 2. The normalized spacial score (nSPS) is 12.3. The van der Waals surface area contributed by atoms with E-state index in [1.165, 1.54) is 32.4 Å². The quantitative estimate of drug-likeness (QED) is 0.275. The topological polar surface area (TPSA) is 120 Å². The van der Waals surface area contributed by atoms with E-state index in [4.69, 9.17) is 25.8 Å². The molecule has 2 rings (SSSR count). The first-order valence-corrected chi connectivity index (χ1v) is 11.8. The lowest BCUT2D eigenvalue weighted by atomic mass is 10.1. The lowest BCUT2D eigenvalue weighted by molar-refractivity contribution is -0.548. The number of hydrogen-bond donors (Lipinski definition) is 1. The molecule has 0 amide bonds. The van der Waals surface area contributed by atoms with Crippen LogP contribution in [0, 0.1) is 10.1 Å². The van der Waals surface area contributed by atoms with Gasteiger partial charge in [0, 0.05) is 11.5 Å². The lowest BCUT2D eigenvalue weighted by Gasteiger charge is -2.22. The van der Waals surface area contributed by atoms with E-state index < -0.39 is 16.2 Å². The fraction of sp³-hybridized carbons (Fsp3) is 0.400. The number of halogens is 1. The number of ether oxygens (including phenoxy) is 3. The summed E-state index contributed by atoms with van der Waals surface area (Å²) in [5.74, 6) is 1.39. The maximum atomic E-state index is 11.7. The van der Waals surface area contributed by atoms with Crippen molar-refractivity contribution in [2.45, 2.75) is 12.6 Å². The van der Waals surface area contributed by atoms with Crippen molar-refractivity contribution in [2.75, 3.05) is 45.4 Å². The van der Waals surface area contributed by atoms with Crippen molar-refractivity contribution < 1.29 is 27.6 Å². The molecule has 0 saturated heterocycles. The van der Waals surface area contributed by atoms with Crippen LogP contribution in [0.5, 0.6) is 17.2 Å². The van der Waals surface area contributed by atoms with Gasteiger partial charge in [-0.1, -0.05) is 17.7 Å². The van der Waals surface area contributed by atoms with Gasteiger partial charge in [0.2, 0.25) is 10.0 Å². The minimum Gasteiger partial charge on any atom is -0.493 e. The molecule has 0 bridgehead atoms. The Morgan fingerprint density at radius 3 is 2.34 bits per heavy atom. The molecule has 0 heterocycles. The molecule has 32 heavy (non-hydrogen) atoms. The third-order valence-corrected chi connectivity index (χ3v) is 5.46. The van der Waals surface area contributed by atoms with Gasteiger partial charge in [0.05, 0.1) is 37.6 Å². The van der Waals surface area contributed by atoms with Gasteiger partial charge in [0.25, 0.3) is 6.17 Å². The van der Waals surface area contributed by atoms with Crippen molar-refractivity contribution in [3.8, 4) is 17.2 Å². The molecule has 0 saturated carbocycles. The second-order valence-electron chi connectivity index (χ2n) is 7.01. The molecule has 0 aliphatic carbocycles. The van der Waals surface area contributed by atoms with E-state index in [1.807, 2.05) is 0 Å². The Labute approximate surface area is 192 Å². The van der Waals surface area contributed by atoms with E-state index in [0.717, 1.165) is 11.8 Å². The lowest BCUT2D eigenvalue weighted by Crippen LogP contribution is -2.42.